The van der Waals surface area contributed by atoms with Crippen molar-refractivity contribution in [1.82, 2.24) is 5.48 Å². The van der Waals surface area contributed by atoms with Crippen LogP contribution in [-0.4, -0.2) is 5.97 Å². The fraction of sp³-hybridized carbons (Fsp3) is 0.136. The van der Waals surface area contributed by atoms with Gasteiger partial charge in [0.1, 0.15) is 12.4 Å². The Morgan fingerprint density at radius 3 is 2.38 bits per heavy atom. The molecule has 4 nitrogen and oxygen atoms in total. The Morgan fingerprint density at radius 1 is 0.885 bits per heavy atom. The maximum absolute atomic E-state index is 12.1. The molecule has 3 aromatic carbocycles. The number of benzene rings is 3. The van der Waals surface area contributed by atoms with Crippen molar-refractivity contribution in [3.05, 3.63) is 101 Å². The van der Waals surface area contributed by atoms with Crippen molar-refractivity contribution >= 4 is 5.97 Å². The molecule has 1 N–H and O–H groups in total. The van der Waals surface area contributed by atoms with Gasteiger partial charge in [0.15, 0.2) is 0 Å². The van der Waals surface area contributed by atoms with Gasteiger partial charge in [-0.3, -0.25) is 0 Å². The summed E-state index contributed by atoms with van der Waals surface area (Å²) >= 11 is 0. The summed E-state index contributed by atoms with van der Waals surface area (Å²) in [5.74, 6) is 0.363. The summed E-state index contributed by atoms with van der Waals surface area (Å²) in [6.07, 6.45) is 0. The highest BCUT2D eigenvalue weighted by Crippen LogP contribution is 2.19. The second-order valence-electron chi connectivity index (χ2n) is 5.91. The zero-order chi connectivity index (χ0) is 18.2. The Morgan fingerprint density at radius 2 is 1.58 bits per heavy atom. The van der Waals surface area contributed by atoms with Gasteiger partial charge in [-0.25, -0.2) is 4.79 Å². The van der Waals surface area contributed by atoms with E-state index in [1.165, 1.54) is 0 Å². The smallest absolute Gasteiger partial charge is 0.357 e. The number of carbonyl (C=O) groups excluding carboxylic acids is 1. The van der Waals surface area contributed by atoms with Gasteiger partial charge >= 0.3 is 5.97 Å². The van der Waals surface area contributed by atoms with E-state index in [9.17, 15) is 4.79 Å². The maximum Gasteiger partial charge on any atom is 0.357 e. The van der Waals surface area contributed by atoms with Gasteiger partial charge < -0.3 is 9.57 Å². The molecule has 0 aromatic heterocycles. The number of ether oxygens (including phenoxy) is 1. The van der Waals surface area contributed by atoms with Gasteiger partial charge in [-0.2, -0.15) is 0 Å². The number of para-hydroxylation sites is 1. The molecule has 0 radical (unpaired) electrons. The first-order valence-electron chi connectivity index (χ1n) is 8.48. The number of aryl methyl sites for hydroxylation is 1. The van der Waals surface area contributed by atoms with Crippen LogP contribution >= 0.6 is 0 Å². The average Bonchev–Trinajstić information content (AvgIpc) is 2.68. The molecule has 3 aromatic rings. The van der Waals surface area contributed by atoms with Crippen LogP contribution in [0.25, 0.3) is 0 Å². The number of hydroxylamine groups is 1. The van der Waals surface area contributed by atoms with E-state index >= 15 is 0 Å². The van der Waals surface area contributed by atoms with E-state index in [4.69, 9.17) is 9.57 Å². The van der Waals surface area contributed by atoms with Crippen molar-refractivity contribution < 1.29 is 14.4 Å². The Balaban J connectivity index is 1.57. The Bertz CT molecular complexity index is 862. The molecule has 0 fully saturated rings. The predicted octanol–water partition coefficient (Wildman–Crippen LogP) is 4.44. The van der Waals surface area contributed by atoms with Crippen LogP contribution in [0.5, 0.6) is 5.75 Å². The molecule has 0 spiro atoms. The van der Waals surface area contributed by atoms with Gasteiger partial charge in [-0.1, -0.05) is 66.7 Å². The summed E-state index contributed by atoms with van der Waals surface area (Å²) < 4.78 is 5.90. The molecule has 0 saturated heterocycles. The third-order valence-electron chi connectivity index (χ3n) is 4.00. The lowest BCUT2D eigenvalue weighted by Gasteiger charge is -2.12. The van der Waals surface area contributed by atoms with Crippen molar-refractivity contribution in [3.8, 4) is 5.75 Å². The van der Waals surface area contributed by atoms with Crippen LogP contribution in [-0.2, 0) is 18.0 Å². The molecule has 0 atom stereocenters. The number of hydrogen-bond donors (Lipinski definition) is 1. The first-order chi connectivity index (χ1) is 12.7. The highest BCUT2D eigenvalue weighted by molar-refractivity contribution is 5.90. The van der Waals surface area contributed by atoms with Crippen LogP contribution in [0.1, 0.15) is 27.0 Å². The lowest BCUT2D eigenvalue weighted by Crippen LogP contribution is -2.20. The predicted molar refractivity (Wildman–Crippen MR) is 101 cm³/mol. The van der Waals surface area contributed by atoms with Gasteiger partial charge in [0.05, 0.1) is 12.1 Å². The summed E-state index contributed by atoms with van der Waals surface area (Å²) in [5, 5.41) is 0. The van der Waals surface area contributed by atoms with Crippen LogP contribution in [0.15, 0.2) is 78.9 Å². The summed E-state index contributed by atoms with van der Waals surface area (Å²) in [6.45, 7) is 2.73. The van der Waals surface area contributed by atoms with Crippen molar-refractivity contribution in [1.29, 1.82) is 0 Å². The normalized spacial score (nSPS) is 10.3. The van der Waals surface area contributed by atoms with E-state index in [0.29, 0.717) is 18.7 Å². The third kappa shape index (κ3) is 4.71. The lowest BCUT2D eigenvalue weighted by atomic mass is 10.1. The monoisotopic (exact) mass is 347 g/mol. The first-order valence-corrected chi connectivity index (χ1v) is 8.48. The van der Waals surface area contributed by atoms with Crippen molar-refractivity contribution in [3.63, 3.8) is 0 Å². The zero-order valence-corrected chi connectivity index (χ0v) is 14.6. The SMILES string of the molecule is Cc1ccccc1C(=O)ONCc1ccccc1OCc1ccccc1. The summed E-state index contributed by atoms with van der Waals surface area (Å²) in [4.78, 5) is 17.3. The first kappa shape index (κ1) is 17.7. The van der Waals surface area contributed by atoms with Crippen LogP contribution in [0.2, 0.25) is 0 Å². The van der Waals surface area contributed by atoms with E-state index < -0.39 is 5.97 Å². The van der Waals surface area contributed by atoms with Crippen molar-refractivity contribution in [2.45, 2.75) is 20.1 Å². The fourth-order valence-electron chi connectivity index (χ4n) is 2.56. The van der Waals surface area contributed by atoms with E-state index in [0.717, 1.165) is 22.4 Å². The standard InChI is InChI=1S/C22H21NO3/c1-17-9-5-7-13-20(17)22(24)26-23-15-19-12-6-8-14-21(19)25-16-18-10-3-2-4-11-18/h2-14,23H,15-16H2,1H3. The maximum atomic E-state index is 12.1. The molecule has 0 saturated carbocycles. The molecular formula is C22H21NO3. The van der Waals surface area contributed by atoms with Crippen LogP contribution in [0.3, 0.4) is 0 Å². The number of rotatable bonds is 7. The average molecular weight is 347 g/mol. The molecule has 0 amide bonds. The van der Waals surface area contributed by atoms with E-state index in [1.54, 1.807) is 6.07 Å². The van der Waals surface area contributed by atoms with Crippen molar-refractivity contribution in [2.75, 3.05) is 0 Å². The lowest BCUT2D eigenvalue weighted by molar-refractivity contribution is 0.0234. The topological polar surface area (TPSA) is 47.6 Å². The molecule has 0 unspecified atom stereocenters. The van der Waals surface area contributed by atoms with Gasteiger partial charge in [0.2, 0.25) is 0 Å². The second-order valence-corrected chi connectivity index (χ2v) is 5.91. The van der Waals surface area contributed by atoms with E-state index in [1.807, 2.05) is 79.7 Å². The number of nitrogens with one attached hydrogen (secondary N) is 1. The number of carbonyl (C=O) groups is 1. The molecule has 132 valence electrons. The van der Waals surface area contributed by atoms with Gasteiger partial charge in [0, 0.05) is 5.56 Å². The number of hydrogen-bond acceptors (Lipinski definition) is 4. The summed E-state index contributed by atoms with van der Waals surface area (Å²) in [6, 6.07) is 25.0. The summed E-state index contributed by atoms with van der Waals surface area (Å²) in [7, 11) is 0. The molecule has 0 bridgehead atoms. The highest BCUT2D eigenvalue weighted by atomic mass is 16.7. The molecular weight excluding hydrogens is 326 g/mol. The molecule has 0 heterocycles. The van der Waals surface area contributed by atoms with E-state index in [2.05, 4.69) is 5.48 Å². The highest BCUT2D eigenvalue weighted by Gasteiger charge is 2.10. The largest absolute Gasteiger partial charge is 0.489 e. The van der Waals surface area contributed by atoms with Crippen molar-refractivity contribution in [2.24, 2.45) is 0 Å². The van der Waals surface area contributed by atoms with Crippen LogP contribution in [0, 0.1) is 6.92 Å². The van der Waals surface area contributed by atoms with Crippen LogP contribution < -0.4 is 10.2 Å². The van der Waals surface area contributed by atoms with E-state index in [-0.39, 0.29) is 0 Å². The van der Waals surface area contributed by atoms with Gasteiger partial charge in [-0.15, -0.1) is 5.48 Å². The van der Waals surface area contributed by atoms with Crippen LogP contribution in [0.4, 0.5) is 0 Å². The zero-order valence-electron chi connectivity index (χ0n) is 14.6. The minimum Gasteiger partial charge on any atom is -0.489 e. The third-order valence-corrected chi connectivity index (χ3v) is 4.00. The Labute approximate surface area is 153 Å². The Kier molecular flexibility index (Phi) is 6.01. The molecule has 4 heteroatoms. The second kappa shape index (κ2) is 8.83. The quantitative estimate of drug-likeness (QED) is 0.642. The molecule has 26 heavy (non-hydrogen) atoms. The molecule has 0 aliphatic rings. The minimum absolute atomic E-state index is 0.364. The van der Waals surface area contributed by atoms with Gasteiger partial charge in [-0.05, 0) is 30.2 Å². The molecule has 0 aliphatic heterocycles. The minimum atomic E-state index is -0.397. The fourth-order valence-corrected chi connectivity index (χ4v) is 2.56. The Hall–Kier alpha value is -3.11. The molecule has 0 aliphatic carbocycles. The van der Waals surface area contributed by atoms with Gasteiger partial charge in [0.25, 0.3) is 0 Å². The summed E-state index contributed by atoms with van der Waals surface area (Å²) in [5.41, 5.74) is 6.18. The molecule has 3 rings (SSSR count).